The second-order valence-electron chi connectivity index (χ2n) is 4.37. The number of alkyl halides is 3. The number of pyridine rings is 1. The summed E-state index contributed by atoms with van der Waals surface area (Å²) in [6.45, 7) is 0.0913. The summed E-state index contributed by atoms with van der Waals surface area (Å²) in [5.41, 5.74) is 6.07. The SMILES string of the molecule is COOCc1ccc(N)c(Nc2cccc(C(F)(F)F)c2)n1. The summed E-state index contributed by atoms with van der Waals surface area (Å²) in [5.74, 6) is 0.247. The molecule has 0 aliphatic carbocycles. The van der Waals surface area contributed by atoms with Gasteiger partial charge in [-0.05, 0) is 30.3 Å². The number of hydrogen-bond donors (Lipinski definition) is 2. The van der Waals surface area contributed by atoms with Crippen LogP contribution in [0.2, 0.25) is 0 Å². The monoisotopic (exact) mass is 313 g/mol. The Labute approximate surface area is 124 Å². The second kappa shape index (κ2) is 6.63. The Hall–Kier alpha value is -2.32. The smallest absolute Gasteiger partial charge is 0.396 e. The summed E-state index contributed by atoms with van der Waals surface area (Å²) in [6.07, 6.45) is -4.41. The molecule has 2 rings (SSSR count). The second-order valence-corrected chi connectivity index (χ2v) is 4.37. The van der Waals surface area contributed by atoms with Gasteiger partial charge in [-0.1, -0.05) is 6.07 Å². The average molecular weight is 313 g/mol. The third-order valence-electron chi connectivity index (χ3n) is 2.76. The van der Waals surface area contributed by atoms with E-state index in [4.69, 9.17) is 10.6 Å². The molecule has 118 valence electrons. The standard InChI is InChI=1S/C14H14F3N3O2/c1-21-22-8-11-5-6-12(18)13(20-11)19-10-4-2-3-9(7-10)14(15,16)17/h2-7H,8,18H2,1H3,(H,19,20). The summed E-state index contributed by atoms with van der Waals surface area (Å²) < 4.78 is 38.1. The Kier molecular flexibility index (Phi) is 4.84. The van der Waals surface area contributed by atoms with Gasteiger partial charge in [-0.2, -0.15) is 13.2 Å². The lowest BCUT2D eigenvalue weighted by molar-refractivity contribution is -0.282. The summed E-state index contributed by atoms with van der Waals surface area (Å²) in [6, 6.07) is 7.99. The molecule has 1 aromatic carbocycles. The van der Waals surface area contributed by atoms with Gasteiger partial charge in [0.2, 0.25) is 0 Å². The van der Waals surface area contributed by atoms with E-state index in [1.165, 1.54) is 19.2 Å². The first-order valence-corrected chi connectivity index (χ1v) is 6.25. The number of rotatable bonds is 5. The highest BCUT2D eigenvalue weighted by Crippen LogP contribution is 2.31. The van der Waals surface area contributed by atoms with Crippen molar-refractivity contribution in [2.45, 2.75) is 12.8 Å². The Balaban J connectivity index is 2.23. The van der Waals surface area contributed by atoms with Gasteiger partial charge in [-0.15, -0.1) is 0 Å². The van der Waals surface area contributed by atoms with E-state index in [1.807, 2.05) is 0 Å². The Morgan fingerprint density at radius 2 is 2.00 bits per heavy atom. The zero-order valence-corrected chi connectivity index (χ0v) is 11.6. The van der Waals surface area contributed by atoms with Crippen LogP contribution in [0.4, 0.5) is 30.4 Å². The fourth-order valence-corrected chi connectivity index (χ4v) is 1.72. The molecule has 0 saturated carbocycles. The molecule has 0 aliphatic heterocycles. The number of nitrogen functional groups attached to an aromatic ring is 1. The molecule has 1 aromatic heterocycles. The highest BCUT2D eigenvalue weighted by Gasteiger charge is 2.30. The van der Waals surface area contributed by atoms with Gasteiger partial charge in [-0.3, -0.25) is 0 Å². The van der Waals surface area contributed by atoms with Crippen molar-refractivity contribution in [2.75, 3.05) is 18.2 Å². The van der Waals surface area contributed by atoms with E-state index < -0.39 is 11.7 Å². The van der Waals surface area contributed by atoms with Crippen LogP contribution in [0.3, 0.4) is 0 Å². The lowest BCUT2D eigenvalue weighted by Gasteiger charge is -2.12. The maximum absolute atomic E-state index is 12.7. The van der Waals surface area contributed by atoms with Crippen LogP contribution in [-0.4, -0.2) is 12.1 Å². The quantitative estimate of drug-likeness (QED) is 0.653. The van der Waals surface area contributed by atoms with Crippen LogP contribution in [0.15, 0.2) is 36.4 Å². The van der Waals surface area contributed by atoms with Crippen LogP contribution < -0.4 is 11.1 Å². The topological polar surface area (TPSA) is 69.4 Å². The highest BCUT2D eigenvalue weighted by atomic mass is 19.4. The molecule has 2 aromatic rings. The predicted octanol–water partition coefficient (Wildman–Crippen LogP) is 3.50. The Bertz CT molecular complexity index is 647. The van der Waals surface area contributed by atoms with Crippen molar-refractivity contribution in [2.24, 2.45) is 0 Å². The summed E-state index contributed by atoms with van der Waals surface area (Å²) in [5, 5.41) is 2.77. The van der Waals surface area contributed by atoms with Crippen molar-refractivity contribution in [3.63, 3.8) is 0 Å². The number of aromatic nitrogens is 1. The summed E-state index contributed by atoms with van der Waals surface area (Å²) >= 11 is 0. The first-order chi connectivity index (χ1) is 10.4. The van der Waals surface area contributed by atoms with Crippen LogP contribution in [0.1, 0.15) is 11.3 Å². The molecule has 0 bridgehead atoms. The van der Waals surface area contributed by atoms with Crippen LogP contribution in [-0.2, 0) is 22.6 Å². The minimum atomic E-state index is -4.41. The zero-order chi connectivity index (χ0) is 16.2. The Morgan fingerprint density at radius 3 is 2.68 bits per heavy atom. The van der Waals surface area contributed by atoms with Gasteiger partial charge in [-0.25, -0.2) is 14.8 Å². The maximum Gasteiger partial charge on any atom is 0.416 e. The largest absolute Gasteiger partial charge is 0.416 e. The molecule has 0 aliphatic rings. The van der Waals surface area contributed by atoms with E-state index in [-0.39, 0.29) is 18.1 Å². The number of nitrogens with zero attached hydrogens (tertiary/aromatic N) is 1. The van der Waals surface area contributed by atoms with Gasteiger partial charge in [0.05, 0.1) is 24.1 Å². The van der Waals surface area contributed by atoms with Crippen molar-refractivity contribution in [3.05, 3.63) is 47.7 Å². The number of halogens is 3. The molecule has 3 N–H and O–H groups in total. The van der Waals surface area contributed by atoms with Gasteiger partial charge in [0.15, 0.2) is 5.82 Å². The molecule has 0 spiro atoms. The molecular weight excluding hydrogens is 299 g/mol. The van der Waals surface area contributed by atoms with Gasteiger partial charge in [0.1, 0.15) is 6.61 Å². The molecule has 5 nitrogen and oxygen atoms in total. The van der Waals surface area contributed by atoms with Crippen molar-refractivity contribution < 1.29 is 22.9 Å². The van der Waals surface area contributed by atoms with E-state index in [9.17, 15) is 13.2 Å². The number of nitrogens with two attached hydrogens (primary N) is 1. The van der Waals surface area contributed by atoms with Gasteiger partial charge in [0.25, 0.3) is 0 Å². The van der Waals surface area contributed by atoms with Gasteiger partial charge in [0, 0.05) is 5.69 Å². The third kappa shape index (κ3) is 4.09. The van der Waals surface area contributed by atoms with Crippen molar-refractivity contribution in [3.8, 4) is 0 Å². The first-order valence-electron chi connectivity index (χ1n) is 6.25. The fraction of sp³-hybridized carbons (Fsp3) is 0.214. The molecule has 0 fully saturated rings. The van der Waals surface area contributed by atoms with Crippen LogP contribution >= 0.6 is 0 Å². The van der Waals surface area contributed by atoms with E-state index in [1.54, 1.807) is 12.1 Å². The van der Waals surface area contributed by atoms with E-state index in [0.29, 0.717) is 11.4 Å². The average Bonchev–Trinajstić information content (AvgIpc) is 2.47. The maximum atomic E-state index is 12.7. The predicted molar refractivity (Wildman–Crippen MR) is 75.2 cm³/mol. The molecule has 1 heterocycles. The number of nitrogens with one attached hydrogen (secondary N) is 1. The van der Waals surface area contributed by atoms with Crippen molar-refractivity contribution >= 4 is 17.2 Å². The molecule has 0 atom stereocenters. The molecule has 0 unspecified atom stereocenters. The van der Waals surface area contributed by atoms with E-state index >= 15 is 0 Å². The molecule has 0 amide bonds. The van der Waals surface area contributed by atoms with Crippen LogP contribution in [0.5, 0.6) is 0 Å². The van der Waals surface area contributed by atoms with E-state index in [0.717, 1.165) is 12.1 Å². The van der Waals surface area contributed by atoms with E-state index in [2.05, 4.69) is 15.2 Å². The molecule has 0 radical (unpaired) electrons. The Morgan fingerprint density at radius 1 is 1.23 bits per heavy atom. The van der Waals surface area contributed by atoms with Gasteiger partial charge >= 0.3 is 6.18 Å². The highest BCUT2D eigenvalue weighted by molar-refractivity contribution is 5.69. The van der Waals surface area contributed by atoms with Gasteiger partial charge < -0.3 is 11.1 Å². The number of anilines is 3. The number of hydrogen-bond acceptors (Lipinski definition) is 5. The van der Waals surface area contributed by atoms with Crippen molar-refractivity contribution in [1.29, 1.82) is 0 Å². The lowest BCUT2D eigenvalue weighted by atomic mass is 10.2. The first kappa shape index (κ1) is 16.1. The normalized spacial score (nSPS) is 11.5. The fourth-order valence-electron chi connectivity index (χ4n) is 1.72. The third-order valence-corrected chi connectivity index (χ3v) is 2.76. The van der Waals surface area contributed by atoms with Crippen molar-refractivity contribution in [1.82, 2.24) is 4.98 Å². The molecular formula is C14H14F3N3O2. The summed E-state index contributed by atoms with van der Waals surface area (Å²) in [7, 11) is 1.36. The molecule has 22 heavy (non-hydrogen) atoms. The minimum Gasteiger partial charge on any atom is -0.396 e. The zero-order valence-electron chi connectivity index (χ0n) is 11.6. The minimum absolute atomic E-state index is 0.0913. The van der Waals surface area contributed by atoms with Crippen LogP contribution in [0, 0.1) is 0 Å². The number of benzene rings is 1. The molecule has 8 heteroatoms. The lowest BCUT2D eigenvalue weighted by Crippen LogP contribution is -2.06. The van der Waals surface area contributed by atoms with Crippen LogP contribution in [0.25, 0.3) is 0 Å². The molecule has 0 saturated heterocycles. The summed E-state index contributed by atoms with van der Waals surface area (Å²) in [4.78, 5) is 13.4.